The van der Waals surface area contributed by atoms with Crippen molar-refractivity contribution in [3.63, 3.8) is 0 Å². The molecule has 1 aliphatic heterocycles. The molecule has 0 bridgehead atoms. The van der Waals surface area contributed by atoms with Gasteiger partial charge in [-0.05, 0) is 54.8 Å². The van der Waals surface area contributed by atoms with Gasteiger partial charge in [0.25, 0.3) is 0 Å². The van der Waals surface area contributed by atoms with Gasteiger partial charge >= 0.3 is 0 Å². The van der Waals surface area contributed by atoms with Crippen molar-refractivity contribution in [1.29, 1.82) is 5.26 Å². The number of fused-ring (bicyclic) bond motifs is 1. The molecule has 1 atom stereocenters. The summed E-state index contributed by atoms with van der Waals surface area (Å²) in [5.41, 5.74) is 4.19. The molecule has 1 aromatic heterocycles. The van der Waals surface area contributed by atoms with Gasteiger partial charge in [0.2, 0.25) is 0 Å². The number of pyridine rings is 1. The molecule has 0 amide bonds. The molecule has 0 N–H and O–H groups in total. The fourth-order valence-electron chi connectivity index (χ4n) is 4.95. The van der Waals surface area contributed by atoms with Crippen molar-refractivity contribution in [2.24, 2.45) is 0 Å². The van der Waals surface area contributed by atoms with Crippen molar-refractivity contribution < 1.29 is 4.74 Å². The molecule has 3 aromatic rings. The maximum atomic E-state index is 9.32. The average Bonchev–Trinajstić information content (AvgIpc) is 2.87. The Kier molecular flexibility index (Phi) is 8.51. The SMILES string of the molecule is CCCCCC(c1ccc(C#N)c(C)c1)N1CCN(CCOc2cccc3ncccc23)CC1. The number of aromatic nitrogens is 1. The van der Waals surface area contributed by atoms with E-state index in [-0.39, 0.29) is 0 Å². The van der Waals surface area contributed by atoms with Crippen LogP contribution in [0.5, 0.6) is 5.75 Å². The maximum absolute atomic E-state index is 9.32. The van der Waals surface area contributed by atoms with Crippen molar-refractivity contribution >= 4 is 10.9 Å². The summed E-state index contributed by atoms with van der Waals surface area (Å²) in [7, 11) is 0. The van der Waals surface area contributed by atoms with Crippen molar-refractivity contribution in [2.45, 2.75) is 45.6 Å². The highest BCUT2D eigenvalue weighted by molar-refractivity contribution is 5.84. The number of nitriles is 1. The fraction of sp³-hybridized carbons (Fsp3) is 0.448. The number of aryl methyl sites for hydroxylation is 1. The number of hydrogen-bond donors (Lipinski definition) is 0. The van der Waals surface area contributed by atoms with E-state index in [2.05, 4.69) is 52.9 Å². The van der Waals surface area contributed by atoms with Crippen LogP contribution in [0.25, 0.3) is 10.9 Å². The third kappa shape index (κ3) is 5.94. The van der Waals surface area contributed by atoms with Crippen LogP contribution in [0.1, 0.15) is 55.3 Å². The van der Waals surface area contributed by atoms with Crippen LogP contribution in [-0.2, 0) is 0 Å². The van der Waals surface area contributed by atoms with Crippen LogP contribution in [0.4, 0.5) is 0 Å². The Balaban J connectivity index is 1.33. The van der Waals surface area contributed by atoms with Gasteiger partial charge in [0, 0.05) is 50.3 Å². The predicted molar refractivity (Wildman–Crippen MR) is 138 cm³/mol. The monoisotopic (exact) mass is 456 g/mol. The van der Waals surface area contributed by atoms with E-state index in [1.54, 1.807) is 0 Å². The Morgan fingerprint density at radius 2 is 1.91 bits per heavy atom. The second kappa shape index (κ2) is 12.0. The molecule has 2 aromatic carbocycles. The number of ether oxygens (including phenoxy) is 1. The van der Waals surface area contributed by atoms with E-state index in [0.29, 0.717) is 12.6 Å². The van der Waals surface area contributed by atoms with Gasteiger partial charge in [-0.2, -0.15) is 5.26 Å². The van der Waals surface area contributed by atoms with Gasteiger partial charge in [-0.3, -0.25) is 14.8 Å². The molecule has 4 rings (SSSR count). The van der Waals surface area contributed by atoms with Crippen molar-refractivity contribution in [3.8, 4) is 11.8 Å². The topological polar surface area (TPSA) is 52.4 Å². The molecule has 0 spiro atoms. The van der Waals surface area contributed by atoms with Crippen LogP contribution in [0.3, 0.4) is 0 Å². The molecule has 178 valence electrons. The predicted octanol–water partition coefficient (Wildman–Crippen LogP) is 5.73. The third-order valence-corrected chi connectivity index (χ3v) is 6.96. The lowest BCUT2D eigenvalue weighted by Gasteiger charge is -2.39. The number of benzene rings is 2. The molecular weight excluding hydrogens is 420 g/mol. The van der Waals surface area contributed by atoms with E-state index in [0.717, 1.165) is 60.5 Å². The summed E-state index contributed by atoms with van der Waals surface area (Å²) in [5.74, 6) is 0.913. The van der Waals surface area contributed by atoms with Crippen molar-refractivity contribution in [1.82, 2.24) is 14.8 Å². The Morgan fingerprint density at radius 1 is 1.06 bits per heavy atom. The summed E-state index contributed by atoms with van der Waals surface area (Å²) in [6, 6.07) is 19.2. The number of nitrogens with zero attached hydrogens (tertiary/aromatic N) is 4. The second-order valence-electron chi connectivity index (χ2n) is 9.25. The van der Waals surface area contributed by atoms with Gasteiger partial charge in [0.1, 0.15) is 12.4 Å². The van der Waals surface area contributed by atoms with Gasteiger partial charge in [0.05, 0.1) is 17.1 Å². The molecule has 0 radical (unpaired) electrons. The Morgan fingerprint density at radius 3 is 2.68 bits per heavy atom. The molecule has 34 heavy (non-hydrogen) atoms. The zero-order valence-corrected chi connectivity index (χ0v) is 20.5. The van der Waals surface area contributed by atoms with Crippen LogP contribution in [0.2, 0.25) is 0 Å². The summed E-state index contributed by atoms with van der Waals surface area (Å²) in [6.07, 6.45) is 6.75. The van der Waals surface area contributed by atoms with Gasteiger partial charge in [0.15, 0.2) is 0 Å². The number of unbranched alkanes of at least 4 members (excludes halogenated alkanes) is 2. The fourth-order valence-corrected chi connectivity index (χ4v) is 4.95. The third-order valence-electron chi connectivity index (χ3n) is 6.96. The normalized spacial score (nSPS) is 15.8. The van der Waals surface area contributed by atoms with Crippen LogP contribution < -0.4 is 4.74 Å². The highest BCUT2D eigenvalue weighted by Crippen LogP contribution is 2.29. The summed E-state index contributed by atoms with van der Waals surface area (Å²) in [6.45, 7) is 10.2. The van der Waals surface area contributed by atoms with Crippen LogP contribution in [0, 0.1) is 18.3 Å². The van der Waals surface area contributed by atoms with E-state index < -0.39 is 0 Å². The average molecular weight is 457 g/mol. The number of rotatable bonds is 10. The van der Waals surface area contributed by atoms with Crippen molar-refractivity contribution in [2.75, 3.05) is 39.3 Å². The van der Waals surface area contributed by atoms with Gasteiger partial charge in [-0.25, -0.2) is 0 Å². The quantitative estimate of drug-likeness (QED) is 0.365. The first-order valence-corrected chi connectivity index (χ1v) is 12.6. The molecule has 0 aliphatic carbocycles. The largest absolute Gasteiger partial charge is 0.492 e. The lowest BCUT2D eigenvalue weighted by Crippen LogP contribution is -2.48. The summed E-state index contributed by atoms with van der Waals surface area (Å²) in [5, 5.41) is 10.4. The van der Waals surface area contributed by atoms with E-state index >= 15 is 0 Å². The molecule has 1 fully saturated rings. The van der Waals surface area contributed by atoms with Crippen molar-refractivity contribution in [3.05, 3.63) is 71.4 Å². The molecule has 5 nitrogen and oxygen atoms in total. The second-order valence-corrected chi connectivity index (χ2v) is 9.25. The zero-order valence-electron chi connectivity index (χ0n) is 20.5. The van der Waals surface area contributed by atoms with E-state index in [4.69, 9.17) is 4.74 Å². The Hall–Kier alpha value is -2.94. The van der Waals surface area contributed by atoms with Gasteiger partial charge in [-0.15, -0.1) is 0 Å². The van der Waals surface area contributed by atoms with Crippen LogP contribution >= 0.6 is 0 Å². The Bertz CT molecular complexity index is 1110. The summed E-state index contributed by atoms with van der Waals surface area (Å²) < 4.78 is 6.14. The summed E-state index contributed by atoms with van der Waals surface area (Å²) in [4.78, 5) is 9.57. The highest BCUT2D eigenvalue weighted by Gasteiger charge is 2.25. The molecule has 0 saturated carbocycles. The molecule has 2 heterocycles. The maximum Gasteiger partial charge on any atom is 0.128 e. The zero-order chi connectivity index (χ0) is 23.8. The van der Waals surface area contributed by atoms with Crippen LogP contribution in [0.15, 0.2) is 54.7 Å². The van der Waals surface area contributed by atoms with Gasteiger partial charge < -0.3 is 4.74 Å². The first kappa shape index (κ1) is 24.2. The minimum absolute atomic E-state index is 0.430. The lowest BCUT2D eigenvalue weighted by molar-refractivity contribution is 0.0819. The molecule has 1 unspecified atom stereocenters. The van der Waals surface area contributed by atoms with E-state index in [1.807, 2.05) is 36.5 Å². The van der Waals surface area contributed by atoms with E-state index in [1.165, 1.54) is 31.2 Å². The molecule has 1 aliphatic rings. The standard InChI is InChI=1S/C29H36N4O/c1-3-4-5-10-28(24-12-13-25(22-30)23(2)21-24)33-17-15-32(16-18-33)19-20-34-29-11-6-9-27-26(29)8-7-14-31-27/h6-9,11-14,21,28H,3-5,10,15-20H2,1-2H3. The first-order valence-electron chi connectivity index (χ1n) is 12.6. The summed E-state index contributed by atoms with van der Waals surface area (Å²) >= 11 is 0. The lowest BCUT2D eigenvalue weighted by atomic mass is 9.95. The molecule has 5 heteroatoms. The smallest absolute Gasteiger partial charge is 0.128 e. The molecular formula is C29H36N4O. The molecule has 1 saturated heterocycles. The van der Waals surface area contributed by atoms with Gasteiger partial charge in [-0.1, -0.05) is 44.4 Å². The van der Waals surface area contributed by atoms with Crippen LogP contribution in [-0.4, -0.2) is 54.1 Å². The minimum atomic E-state index is 0.430. The minimum Gasteiger partial charge on any atom is -0.492 e. The number of hydrogen-bond acceptors (Lipinski definition) is 5. The first-order chi connectivity index (χ1) is 16.7. The number of piperazine rings is 1. The Labute approximate surface area is 204 Å². The highest BCUT2D eigenvalue weighted by atomic mass is 16.5. The van der Waals surface area contributed by atoms with E-state index in [9.17, 15) is 5.26 Å².